The summed E-state index contributed by atoms with van der Waals surface area (Å²) in [5.41, 5.74) is 1.08. The fourth-order valence-electron chi connectivity index (χ4n) is 1.32. The monoisotopic (exact) mass is 237 g/mol. The van der Waals surface area contributed by atoms with Crippen molar-refractivity contribution in [3.05, 3.63) is 23.8 Å². The summed E-state index contributed by atoms with van der Waals surface area (Å²) in [6.07, 6.45) is 0. The third kappa shape index (κ3) is 4.76. The summed E-state index contributed by atoms with van der Waals surface area (Å²) in [5.74, 6) is -0.0592. The average Bonchev–Trinajstić information content (AvgIpc) is 2.17. The van der Waals surface area contributed by atoms with Gasteiger partial charge in [-0.1, -0.05) is 0 Å². The minimum absolute atomic E-state index is 0.113. The molecular formula is C13H19NO3. The molecule has 0 aliphatic rings. The molecule has 0 aliphatic heterocycles. The van der Waals surface area contributed by atoms with Crippen molar-refractivity contribution < 1.29 is 14.6 Å². The van der Waals surface area contributed by atoms with Gasteiger partial charge in [0, 0.05) is 5.69 Å². The Morgan fingerprint density at radius 1 is 1.41 bits per heavy atom. The van der Waals surface area contributed by atoms with Gasteiger partial charge >= 0.3 is 5.97 Å². The zero-order valence-corrected chi connectivity index (χ0v) is 10.7. The van der Waals surface area contributed by atoms with Crippen LogP contribution in [0.15, 0.2) is 18.2 Å². The molecule has 0 radical (unpaired) electrons. The van der Waals surface area contributed by atoms with Gasteiger partial charge in [0.25, 0.3) is 0 Å². The molecule has 0 amide bonds. The van der Waals surface area contributed by atoms with E-state index in [1.807, 2.05) is 20.8 Å². The molecule has 2 N–H and O–H groups in total. The number of phenolic OH excluding ortho intramolecular Hbond substituents is 1. The van der Waals surface area contributed by atoms with E-state index in [4.69, 9.17) is 4.74 Å². The lowest BCUT2D eigenvalue weighted by Crippen LogP contribution is -2.28. The molecule has 0 fully saturated rings. The molecule has 0 aliphatic carbocycles. The molecule has 0 saturated carbocycles. The zero-order chi connectivity index (χ0) is 13.1. The number of hydrogen-bond acceptors (Lipinski definition) is 4. The molecule has 94 valence electrons. The third-order valence-electron chi connectivity index (χ3n) is 2.05. The predicted molar refractivity (Wildman–Crippen MR) is 67.2 cm³/mol. The van der Waals surface area contributed by atoms with E-state index in [1.165, 1.54) is 0 Å². The molecule has 1 rings (SSSR count). The summed E-state index contributed by atoms with van der Waals surface area (Å²) in [6, 6.07) is 5.08. The Kier molecular flexibility index (Phi) is 3.99. The van der Waals surface area contributed by atoms with Gasteiger partial charge in [0.2, 0.25) is 0 Å². The smallest absolute Gasteiger partial charge is 0.325 e. The van der Waals surface area contributed by atoms with Crippen molar-refractivity contribution in [3.63, 3.8) is 0 Å². The summed E-state index contributed by atoms with van der Waals surface area (Å²) >= 11 is 0. The maximum absolute atomic E-state index is 11.4. The van der Waals surface area contributed by atoms with Crippen LogP contribution in [-0.2, 0) is 9.53 Å². The summed E-state index contributed by atoms with van der Waals surface area (Å²) in [6.45, 7) is 7.40. The molecule has 0 bridgehead atoms. The first-order valence-electron chi connectivity index (χ1n) is 5.53. The number of nitrogens with one attached hydrogen (secondary N) is 1. The number of benzene rings is 1. The molecule has 17 heavy (non-hydrogen) atoms. The van der Waals surface area contributed by atoms with E-state index < -0.39 is 5.60 Å². The lowest BCUT2D eigenvalue weighted by Gasteiger charge is -2.19. The maximum Gasteiger partial charge on any atom is 0.325 e. The van der Waals surface area contributed by atoms with Crippen LogP contribution in [0.25, 0.3) is 0 Å². The van der Waals surface area contributed by atoms with Crippen molar-refractivity contribution in [2.24, 2.45) is 0 Å². The minimum Gasteiger partial charge on any atom is -0.508 e. The highest BCUT2D eigenvalue weighted by Crippen LogP contribution is 2.20. The molecule has 0 spiro atoms. The molecule has 0 aromatic heterocycles. The molecule has 1 aromatic carbocycles. The van der Waals surface area contributed by atoms with Crippen LogP contribution < -0.4 is 5.32 Å². The molecule has 4 heteroatoms. The van der Waals surface area contributed by atoms with Crippen molar-refractivity contribution in [1.82, 2.24) is 0 Å². The Morgan fingerprint density at radius 3 is 2.59 bits per heavy atom. The largest absolute Gasteiger partial charge is 0.508 e. The Bertz CT molecular complexity index is 408. The van der Waals surface area contributed by atoms with Crippen LogP contribution in [0.1, 0.15) is 26.3 Å². The molecule has 1 aromatic rings. The average molecular weight is 237 g/mol. The van der Waals surface area contributed by atoms with E-state index in [0.717, 1.165) is 11.3 Å². The van der Waals surface area contributed by atoms with E-state index in [-0.39, 0.29) is 18.3 Å². The van der Waals surface area contributed by atoms with Crippen molar-refractivity contribution in [2.45, 2.75) is 33.3 Å². The van der Waals surface area contributed by atoms with Crippen LogP contribution in [0.5, 0.6) is 5.75 Å². The number of phenols is 1. The van der Waals surface area contributed by atoms with Gasteiger partial charge < -0.3 is 15.2 Å². The number of aromatic hydroxyl groups is 1. The Balaban J connectivity index is 2.50. The number of carbonyl (C=O) groups excluding carboxylic acids is 1. The van der Waals surface area contributed by atoms with E-state index in [9.17, 15) is 9.90 Å². The molecule has 0 heterocycles. The second-order valence-corrected chi connectivity index (χ2v) is 4.94. The van der Waals surface area contributed by atoms with Crippen molar-refractivity contribution in [1.29, 1.82) is 0 Å². The second kappa shape index (κ2) is 5.08. The third-order valence-corrected chi connectivity index (χ3v) is 2.05. The standard InChI is InChI=1S/C13H19NO3/c1-9-7-10(5-6-11(9)15)14-8-12(16)17-13(2,3)4/h5-7,14-15H,8H2,1-4H3. The quantitative estimate of drug-likeness (QED) is 0.626. The Morgan fingerprint density at radius 2 is 2.06 bits per heavy atom. The van der Waals surface area contributed by atoms with Gasteiger partial charge in [-0.25, -0.2) is 0 Å². The van der Waals surface area contributed by atoms with E-state index in [0.29, 0.717) is 0 Å². The lowest BCUT2D eigenvalue weighted by molar-refractivity contribution is -0.152. The maximum atomic E-state index is 11.4. The van der Waals surface area contributed by atoms with Crippen LogP contribution in [0.3, 0.4) is 0 Å². The van der Waals surface area contributed by atoms with Crippen molar-refractivity contribution >= 4 is 11.7 Å². The Labute approximate surface area is 102 Å². The first kappa shape index (κ1) is 13.4. The highest BCUT2D eigenvalue weighted by Gasteiger charge is 2.15. The number of carbonyl (C=O) groups is 1. The number of esters is 1. The summed E-state index contributed by atoms with van der Waals surface area (Å²) in [5, 5.41) is 12.3. The van der Waals surface area contributed by atoms with Crippen molar-refractivity contribution in [3.8, 4) is 5.75 Å². The van der Waals surface area contributed by atoms with Gasteiger partial charge in [-0.3, -0.25) is 4.79 Å². The molecule has 0 atom stereocenters. The van der Waals surface area contributed by atoms with Crippen LogP contribution >= 0.6 is 0 Å². The fourth-order valence-corrected chi connectivity index (χ4v) is 1.32. The van der Waals surface area contributed by atoms with E-state index >= 15 is 0 Å². The highest BCUT2D eigenvalue weighted by atomic mass is 16.6. The van der Waals surface area contributed by atoms with Crippen LogP contribution in [0.4, 0.5) is 5.69 Å². The number of ether oxygens (including phenoxy) is 1. The van der Waals surface area contributed by atoms with Gasteiger partial charge in [-0.2, -0.15) is 0 Å². The number of hydrogen-bond donors (Lipinski definition) is 2. The topological polar surface area (TPSA) is 58.6 Å². The zero-order valence-electron chi connectivity index (χ0n) is 10.7. The van der Waals surface area contributed by atoms with E-state index in [1.54, 1.807) is 25.1 Å². The van der Waals surface area contributed by atoms with Crippen LogP contribution in [0.2, 0.25) is 0 Å². The van der Waals surface area contributed by atoms with Crippen LogP contribution in [-0.4, -0.2) is 23.2 Å². The minimum atomic E-state index is -0.469. The molecule has 0 saturated heterocycles. The normalized spacial score (nSPS) is 11.1. The summed E-state index contributed by atoms with van der Waals surface area (Å²) in [7, 11) is 0. The number of anilines is 1. The number of aryl methyl sites for hydroxylation is 1. The van der Waals surface area contributed by atoms with Gasteiger partial charge in [-0.15, -0.1) is 0 Å². The van der Waals surface area contributed by atoms with Crippen molar-refractivity contribution in [2.75, 3.05) is 11.9 Å². The van der Waals surface area contributed by atoms with Gasteiger partial charge in [0.05, 0.1) is 0 Å². The summed E-state index contributed by atoms with van der Waals surface area (Å²) < 4.78 is 5.16. The molecule has 0 unspecified atom stereocenters. The second-order valence-electron chi connectivity index (χ2n) is 4.94. The lowest BCUT2D eigenvalue weighted by atomic mass is 10.2. The summed E-state index contributed by atoms with van der Waals surface area (Å²) in [4.78, 5) is 11.4. The Hall–Kier alpha value is -1.71. The molecule has 4 nitrogen and oxygen atoms in total. The predicted octanol–water partition coefficient (Wildman–Crippen LogP) is 2.45. The first-order chi connectivity index (χ1) is 7.78. The SMILES string of the molecule is Cc1cc(NCC(=O)OC(C)(C)C)ccc1O. The van der Waals surface area contributed by atoms with Gasteiger partial charge in [0.1, 0.15) is 17.9 Å². The van der Waals surface area contributed by atoms with Gasteiger partial charge in [0.15, 0.2) is 0 Å². The highest BCUT2D eigenvalue weighted by molar-refractivity contribution is 5.75. The number of rotatable bonds is 3. The fraction of sp³-hybridized carbons (Fsp3) is 0.462. The van der Waals surface area contributed by atoms with Gasteiger partial charge in [-0.05, 0) is 51.5 Å². The van der Waals surface area contributed by atoms with E-state index in [2.05, 4.69) is 5.32 Å². The first-order valence-corrected chi connectivity index (χ1v) is 5.53. The molecular weight excluding hydrogens is 218 g/mol. The van der Waals surface area contributed by atoms with Crippen LogP contribution in [0, 0.1) is 6.92 Å².